The third kappa shape index (κ3) is 2.42. The van der Waals surface area contributed by atoms with Gasteiger partial charge in [0.05, 0.1) is 5.75 Å². The van der Waals surface area contributed by atoms with Crippen molar-refractivity contribution in [3.63, 3.8) is 0 Å². The molecule has 4 nitrogen and oxygen atoms in total. The standard InChI is InChI=1S/C13H19N3OS/c17-12-10-18-13(11-4-3-5-14-11)16(12)9-8-15-6-1-2-7-15/h3-5,13-14H,1-2,6-10H2. The highest BCUT2D eigenvalue weighted by Gasteiger charge is 2.33. The van der Waals surface area contributed by atoms with Crippen LogP contribution in [0, 0.1) is 0 Å². The van der Waals surface area contributed by atoms with Crippen molar-refractivity contribution in [2.75, 3.05) is 31.9 Å². The van der Waals surface area contributed by atoms with Gasteiger partial charge in [0.25, 0.3) is 0 Å². The minimum atomic E-state index is 0.190. The number of amides is 1. The fraction of sp³-hybridized carbons (Fsp3) is 0.615. The molecule has 1 aromatic rings. The zero-order valence-electron chi connectivity index (χ0n) is 10.5. The lowest BCUT2D eigenvalue weighted by Gasteiger charge is -2.25. The van der Waals surface area contributed by atoms with Gasteiger partial charge in [0.2, 0.25) is 5.91 Å². The summed E-state index contributed by atoms with van der Waals surface area (Å²) in [4.78, 5) is 19.7. The van der Waals surface area contributed by atoms with Crippen LogP contribution in [0.4, 0.5) is 0 Å². The third-order valence-electron chi connectivity index (χ3n) is 3.71. The second-order valence-corrected chi connectivity index (χ2v) is 5.99. The molecule has 2 aliphatic heterocycles. The van der Waals surface area contributed by atoms with E-state index in [-0.39, 0.29) is 11.3 Å². The van der Waals surface area contributed by atoms with Crippen LogP contribution >= 0.6 is 11.8 Å². The number of hydrogen-bond donors (Lipinski definition) is 1. The Morgan fingerprint density at radius 3 is 2.89 bits per heavy atom. The summed E-state index contributed by atoms with van der Waals surface area (Å²) >= 11 is 1.73. The van der Waals surface area contributed by atoms with Gasteiger partial charge in [-0.25, -0.2) is 0 Å². The number of thioether (sulfide) groups is 1. The largest absolute Gasteiger partial charge is 0.363 e. The normalized spacial score (nSPS) is 25.2. The third-order valence-corrected chi connectivity index (χ3v) is 4.95. The highest BCUT2D eigenvalue weighted by molar-refractivity contribution is 8.00. The maximum Gasteiger partial charge on any atom is 0.233 e. The number of aromatic amines is 1. The average Bonchev–Trinajstić information content (AvgIpc) is 3.08. The molecule has 18 heavy (non-hydrogen) atoms. The molecule has 1 N–H and O–H groups in total. The molecule has 2 saturated heterocycles. The van der Waals surface area contributed by atoms with Gasteiger partial charge in [0.15, 0.2) is 0 Å². The molecular formula is C13H19N3OS. The summed E-state index contributed by atoms with van der Waals surface area (Å²) in [6, 6.07) is 4.07. The van der Waals surface area contributed by atoms with E-state index in [2.05, 4.69) is 16.0 Å². The number of carbonyl (C=O) groups is 1. The van der Waals surface area contributed by atoms with Gasteiger partial charge in [0, 0.05) is 25.0 Å². The molecule has 0 aromatic carbocycles. The summed E-state index contributed by atoms with van der Waals surface area (Å²) < 4.78 is 0. The van der Waals surface area contributed by atoms with Crippen molar-refractivity contribution in [3.8, 4) is 0 Å². The Labute approximate surface area is 112 Å². The van der Waals surface area contributed by atoms with Crippen molar-refractivity contribution in [2.24, 2.45) is 0 Å². The number of hydrogen-bond acceptors (Lipinski definition) is 3. The minimum absolute atomic E-state index is 0.190. The van der Waals surface area contributed by atoms with E-state index in [1.54, 1.807) is 11.8 Å². The van der Waals surface area contributed by atoms with E-state index in [9.17, 15) is 4.79 Å². The number of carbonyl (C=O) groups excluding carboxylic acids is 1. The summed E-state index contributed by atoms with van der Waals surface area (Å²) in [6.07, 6.45) is 4.54. The summed E-state index contributed by atoms with van der Waals surface area (Å²) in [6.45, 7) is 4.27. The first-order valence-corrected chi connectivity index (χ1v) is 7.66. The van der Waals surface area contributed by atoms with Gasteiger partial charge in [-0.15, -0.1) is 11.8 Å². The minimum Gasteiger partial charge on any atom is -0.363 e. The number of rotatable bonds is 4. The SMILES string of the molecule is O=C1CSC(c2ccc[nH]2)N1CCN1CCCC1. The molecule has 2 aliphatic rings. The molecule has 1 aromatic heterocycles. The summed E-state index contributed by atoms with van der Waals surface area (Å²) in [7, 11) is 0. The molecule has 0 aliphatic carbocycles. The van der Waals surface area contributed by atoms with Gasteiger partial charge in [-0.3, -0.25) is 4.79 Å². The first-order valence-electron chi connectivity index (χ1n) is 6.61. The molecule has 0 spiro atoms. The Kier molecular flexibility index (Phi) is 3.61. The number of H-pyrrole nitrogens is 1. The van der Waals surface area contributed by atoms with Gasteiger partial charge >= 0.3 is 0 Å². The quantitative estimate of drug-likeness (QED) is 0.900. The van der Waals surface area contributed by atoms with Crippen LogP contribution in [0.1, 0.15) is 23.9 Å². The van der Waals surface area contributed by atoms with Crippen LogP contribution in [0.3, 0.4) is 0 Å². The molecule has 5 heteroatoms. The van der Waals surface area contributed by atoms with Crippen molar-refractivity contribution < 1.29 is 4.79 Å². The maximum atomic E-state index is 12.0. The molecule has 3 heterocycles. The van der Waals surface area contributed by atoms with Crippen LogP contribution in [0.25, 0.3) is 0 Å². The highest BCUT2D eigenvalue weighted by Crippen LogP contribution is 2.37. The van der Waals surface area contributed by atoms with Crippen molar-refractivity contribution in [1.29, 1.82) is 0 Å². The fourth-order valence-corrected chi connectivity index (χ4v) is 3.90. The van der Waals surface area contributed by atoms with E-state index in [4.69, 9.17) is 0 Å². The van der Waals surface area contributed by atoms with Crippen molar-refractivity contribution in [3.05, 3.63) is 24.0 Å². The van der Waals surface area contributed by atoms with Crippen LogP contribution in [0.15, 0.2) is 18.3 Å². The van der Waals surface area contributed by atoms with Gasteiger partial charge in [-0.2, -0.15) is 0 Å². The van der Waals surface area contributed by atoms with Crippen LogP contribution in [-0.2, 0) is 4.79 Å². The maximum absolute atomic E-state index is 12.0. The predicted octanol–water partition coefficient (Wildman–Crippen LogP) is 1.68. The molecular weight excluding hydrogens is 246 g/mol. The van der Waals surface area contributed by atoms with E-state index in [0.29, 0.717) is 5.75 Å². The Bertz CT molecular complexity index is 400. The topological polar surface area (TPSA) is 39.3 Å². The van der Waals surface area contributed by atoms with Crippen LogP contribution in [-0.4, -0.2) is 52.6 Å². The second kappa shape index (κ2) is 5.36. The van der Waals surface area contributed by atoms with Gasteiger partial charge in [-0.1, -0.05) is 0 Å². The van der Waals surface area contributed by atoms with E-state index in [1.165, 1.54) is 25.9 Å². The van der Waals surface area contributed by atoms with Crippen LogP contribution in [0.2, 0.25) is 0 Å². The number of aromatic nitrogens is 1. The summed E-state index contributed by atoms with van der Waals surface area (Å²) in [5.74, 6) is 0.891. The molecule has 2 fully saturated rings. The fourth-order valence-electron chi connectivity index (χ4n) is 2.71. The number of nitrogens with one attached hydrogen (secondary N) is 1. The van der Waals surface area contributed by atoms with Gasteiger partial charge < -0.3 is 14.8 Å². The Hall–Kier alpha value is -0.940. The lowest BCUT2D eigenvalue weighted by Crippen LogP contribution is -2.36. The van der Waals surface area contributed by atoms with Crippen LogP contribution in [0.5, 0.6) is 0 Å². The first-order chi connectivity index (χ1) is 8.84. The lowest BCUT2D eigenvalue weighted by atomic mass is 10.3. The Balaban J connectivity index is 1.62. The molecule has 0 saturated carbocycles. The van der Waals surface area contributed by atoms with Gasteiger partial charge in [0.1, 0.15) is 5.37 Å². The predicted molar refractivity (Wildman–Crippen MR) is 73.4 cm³/mol. The highest BCUT2D eigenvalue weighted by atomic mass is 32.2. The molecule has 98 valence electrons. The molecule has 3 rings (SSSR count). The van der Waals surface area contributed by atoms with Crippen molar-refractivity contribution >= 4 is 17.7 Å². The molecule has 1 atom stereocenters. The number of nitrogens with zero attached hydrogens (tertiary/aromatic N) is 2. The molecule has 1 amide bonds. The Morgan fingerprint density at radius 2 is 2.17 bits per heavy atom. The van der Waals surface area contributed by atoms with Crippen LogP contribution < -0.4 is 0 Å². The van der Waals surface area contributed by atoms with Crippen molar-refractivity contribution in [1.82, 2.24) is 14.8 Å². The lowest BCUT2D eigenvalue weighted by molar-refractivity contribution is -0.128. The van der Waals surface area contributed by atoms with E-state index < -0.39 is 0 Å². The zero-order chi connectivity index (χ0) is 12.4. The molecule has 1 unspecified atom stereocenters. The first kappa shape index (κ1) is 12.1. The smallest absolute Gasteiger partial charge is 0.233 e. The van der Waals surface area contributed by atoms with E-state index in [1.807, 2.05) is 17.2 Å². The average molecular weight is 265 g/mol. The van der Waals surface area contributed by atoms with Gasteiger partial charge in [-0.05, 0) is 38.1 Å². The monoisotopic (exact) mass is 265 g/mol. The number of likely N-dealkylation sites (tertiary alicyclic amines) is 1. The Morgan fingerprint density at radius 1 is 1.33 bits per heavy atom. The molecule has 0 radical (unpaired) electrons. The summed E-state index contributed by atoms with van der Waals surface area (Å²) in [5.41, 5.74) is 1.15. The van der Waals surface area contributed by atoms with E-state index in [0.717, 1.165) is 18.8 Å². The molecule has 0 bridgehead atoms. The van der Waals surface area contributed by atoms with Crippen molar-refractivity contribution in [2.45, 2.75) is 18.2 Å². The van der Waals surface area contributed by atoms with E-state index >= 15 is 0 Å². The second-order valence-electron chi connectivity index (χ2n) is 4.92. The summed E-state index contributed by atoms with van der Waals surface area (Å²) in [5, 5.41) is 0.190. The zero-order valence-corrected chi connectivity index (χ0v) is 11.3.